The van der Waals surface area contributed by atoms with E-state index in [0.717, 1.165) is 0 Å². The molecule has 68 valence electrons. The maximum absolute atomic E-state index is 9.16. The monoisotopic (exact) mass is 185 g/mol. The molecule has 1 aromatic heterocycles. The fourth-order valence-electron chi connectivity index (χ4n) is 1.21. The zero-order valence-electron chi connectivity index (χ0n) is 7.74. The molecule has 12 heavy (non-hydrogen) atoms. The van der Waals surface area contributed by atoms with Crippen LogP contribution in [0.5, 0.6) is 0 Å². The van der Waals surface area contributed by atoms with Crippen LogP contribution in [0.15, 0.2) is 11.4 Å². The van der Waals surface area contributed by atoms with Crippen LogP contribution in [-0.4, -0.2) is 30.7 Å². The van der Waals surface area contributed by atoms with Gasteiger partial charge >= 0.3 is 0 Å². The Bertz CT molecular complexity index is 244. The predicted molar refractivity (Wildman–Crippen MR) is 52.6 cm³/mol. The molecular weight excluding hydrogens is 170 g/mol. The summed E-state index contributed by atoms with van der Waals surface area (Å²) in [6, 6.07) is 2.25. The fourth-order valence-corrected chi connectivity index (χ4v) is 2.32. The van der Waals surface area contributed by atoms with E-state index >= 15 is 0 Å². The van der Waals surface area contributed by atoms with Crippen molar-refractivity contribution in [2.45, 2.75) is 13.0 Å². The summed E-state index contributed by atoms with van der Waals surface area (Å²) in [5, 5.41) is 11.2. The number of hydrogen-bond donors (Lipinski definition) is 1. The lowest BCUT2D eigenvalue weighted by molar-refractivity contribution is 0.173. The molecule has 0 aromatic carbocycles. The summed E-state index contributed by atoms with van der Waals surface area (Å²) in [5.74, 6) is 0. The second-order valence-electron chi connectivity index (χ2n) is 3.13. The van der Waals surface area contributed by atoms with Crippen molar-refractivity contribution >= 4 is 11.3 Å². The van der Waals surface area contributed by atoms with Gasteiger partial charge in [-0.2, -0.15) is 0 Å². The summed E-state index contributed by atoms with van der Waals surface area (Å²) in [6.07, 6.45) is 0. The zero-order chi connectivity index (χ0) is 9.14. The predicted octanol–water partition coefficient (Wildman–Crippen LogP) is 1.65. The third kappa shape index (κ3) is 1.86. The normalized spacial score (nSPS) is 13.8. The number of hydrogen-bond acceptors (Lipinski definition) is 3. The second kappa shape index (κ2) is 4.03. The van der Waals surface area contributed by atoms with Crippen LogP contribution in [0, 0.1) is 6.92 Å². The van der Waals surface area contributed by atoms with Crippen molar-refractivity contribution in [3.8, 4) is 0 Å². The van der Waals surface area contributed by atoms with Crippen molar-refractivity contribution in [3.05, 3.63) is 21.9 Å². The summed E-state index contributed by atoms with van der Waals surface area (Å²) in [5.41, 5.74) is 1.27. The van der Waals surface area contributed by atoms with Crippen molar-refractivity contribution in [2.24, 2.45) is 0 Å². The summed E-state index contributed by atoms with van der Waals surface area (Å²) < 4.78 is 0. The summed E-state index contributed by atoms with van der Waals surface area (Å²) in [6.45, 7) is 2.27. The third-order valence-corrected chi connectivity index (χ3v) is 3.12. The van der Waals surface area contributed by atoms with Gasteiger partial charge in [-0.05, 0) is 38.0 Å². The van der Waals surface area contributed by atoms with E-state index in [9.17, 15) is 0 Å². The largest absolute Gasteiger partial charge is 0.394 e. The first-order valence-corrected chi connectivity index (χ1v) is 4.86. The topological polar surface area (TPSA) is 23.5 Å². The highest BCUT2D eigenvalue weighted by Gasteiger charge is 2.15. The molecule has 3 heteroatoms. The molecule has 0 aliphatic heterocycles. The number of rotatable bonds is 3. The summed E-state index contributed by atoms with van der Waals surface area (Å²) in [4.78, 5) is 3.31. The molecule has 1 N–H and O–H groups in total. The maximum atomic E-state index is 9.16. The Morgan fingerprint density at radius 2 is 2.25 bits per heavy atom. The van der Waals surface area contributed by atoms with Crippen LogP contribution in [0.25, 0.3) is 0 Å². The Balaban J connectivity index is 2.87. The van der Waals surface area contributed by atoms with Gasteiger partial charge in [-0.3, -0.25) is 4.90 Å². The number of thiophene rings is 1. The molecule has 0 saturated carbocycles. The molecular formula is C9H15NOS. The molecule has 0 radical (unpaired) electrons. The van der Waals surface area contributed by atoms with Crippen molar-refractivity contribution in [3.63, 3.8) is 0 Å². The van der Waals surface area contributed by atoms with Crippen molar-refractivity contribution < 1.29 is 5.11 Å². The average molecular weight is 185 g/mol. The SMILES string of the molecule is Cc1ccsc1C(CO)N(C)C. The van der Waals surface area contributed by atoms with Gasteiger partial charge in [-0.1, -0.05) is 0 Å². The highest BCUT2D eigenvalue weighted by molar-refractivity contribution is 7.10. The molecule has 0 amide bonds. The van der Waals surface area contributed by atoms with Crippen LogP contribution in [0.4, 0.5) is 0 Å². The van der Waals surface area contributed by atoms with Gasteiger partial charge in [0, 0.05) is 4.88 Å². The molecule has 1 atom stereocenters. The molecule has 2 nitrogen and oxygen atoms in total. The van der Waals surface area contributed by atoms with Crippen molar-refractivity contribution in [1.29, 1.82) is 0 Å². The Labute approximate surface area is 77.5 Å². The van der Waals surface area contributed by atoms with Crippen molar-refractivity contribution in [1.82, 2.24) is 4.90 Å². The minimum absolute atomic E-state index is 0.157. The first-order valence-electron chi connectivity index (χ1n) is 3.98. The Kier molecular flexibility index (Phi) is 3.26. The van der Waals surface area contributed by atoms with E-state index in [4.69, 9.17) is 5.11 Å². The fraction of sp³-hybridized carbons (Fsp3) is 0.556. The standard InChI is InChI=1S/C9H15NOS/c1-7-4-5-12-9(7)8(6-11)10(2)3/h4-5,8,11H,6H2,1-3H3. The lowest BCUT2D eigenvalue weighted by Crippen LogP contribution is -2.22. The van der Waals surface area contributed by atoms with E-state index in [0.29, 0.717) is 0 Å². The third-order valence-electron chi connectivity index (χ3n) is 2.00. The van der Waals surface area contributed by atoms with E-state index in [-0.39, 0.29) is 12.6 Å². The number of likely N-dealkylation sites (N-methyl/N-ethyl adjacent to an activating group) is 1. The van der Waals surface area contributed by atoms with Crippen LogP contribution < -0.4 is 0 Å². The number of nitrogens with zero attached hydrogens (tertiary/aromatic N) is 1. The quantitative estimate of drug-likeness (QED) is 0.774. The number of aliphatic hydroxyl groups is 1. The lowest BCUT2D eigenvalue weighted by atomic mass is 10.1. The number of aliphatic hydroxyl groups excluding tert-OH is 1. The van der Waals surface area contributed by atoms with Crippen LogP contribution in [0.1, 0.15) is 16.5 Å². The Morgan fingerprint density at radius 3 is 2.58 bits per heavy atom. The molecule has 1 heterocycles. The molecule has 1 unspecified atom stereocenters. The van der Waals surface area contributed by atoms with Gasteiger partial charge in [0.25, 0.3) is 0 Å². The molecule has 1 rings (SSSR count). The molecule has 0 fully saturated rings. The van der Waals surface area contributed by atoms with Crippen LogP contribution >= 0.6 is 11.3 Å². The van der Waals surface area contributed by atoms with Crippen LogP contribution in [0.3, 0.4) is 0 Å². The van der Waals surface area contributed by atoms with Gasteiger partial charge in [0.05, 0.1) is 12.6 Å². The first kappa shape index (κ1) is 9.71. The van der Waals surface area contributed by atoms with E-state index in [1.807, 2.05) is 19.0 Å². The molecule has 1 aromatic rings. The molecule has 0 bridgehead atoms. The van der Waals surface area contributed by atoms with E-state index in [2.05, 4.69) is 18.4 Å². The van der Waals surface area contributed by atoms with E-state index in [1.165, 1.54) is 10.4 Å². The first-order chi connectivity index (χ1) is 5.66. The lowest BCUT2D eigenvalue weighted by Gasteiger charge is -2.21. The minimum atomic E-state index is 0.157. The van der Waals surface area contributed by atoms with Crippen molar-refractivity contribution in [2.75, 3.05) is 20.7 Å². The smallest absolute Gasteiger partial charge is 0.0672 e. The van der Waals surface area contributed by atoms with Gasteiger partial charge in [0.15, 0.2) is 0 Å². The Hall–Kier alpha value is -0.380. The molecule has 0 spiro atoms. The maximum Gasteiger partial charge on any atom is 0.0672 e. The van der Waals surface area contributed by atoms with Gasteiger partial charge in [0.2, 0.25) is 0 Å². The highest BCUT2D eigenvalue weighted by atomic mass is 32.1. The Morgan fingerprint density at radius 1 is 1.58 bits per heavy atom. The second-order valence-corrected chi connectivity index (χ2v) is 4.08. The summed E-state index contributed by atoms with van der Waals surface area (Å²) >= 11 is 1.71. The van der Waals surface area contributed by atoms with E-state index in [1.54, 1.807) is 11.3 Å². The summed E-state index contributed by atoms with van der Waals surface area (Å²) in [7, 11) is 3.97. The molecule has 0 aliphatic carbocycles. The van der Waals surface area contributed by atoms with Gasteiger partial charge in [-0.15, -0.1) is 11.3 Å². The average Bonchev–Trinajstić information content (AvgIpc) is 2.38. The van der Waals surface area contributed by atoms with Gasteiger partial charge in [0.1, 0.15) is 0 Å². The van der Waals surface area contributed by atoms with Crippen LogP contribution in [0.2, 0.25) is 0 Å². The van der Waals surface area contributed by atoms with Gasteiger partial charge in [-0.25, -0.2) is 0 Å². The highest BCUT2D eigenvalue weighted by Crippen LogP contribution is 2.26. The zero-order valence-corrected chi connectivity index (χ0v) is 8.56. The molecule has 0 aliphatic rings. The van der Waals surface area contributed by atoms with E-state index < -0.39 is 0 Å². The van der Waals surface area contributed by atoms with Crippen LogP contribution in [-0.2, 0) is 0 Å². The van der Waals surface area contributed by atoms with Gasteiger partial charge < -0.3 is 5.11 Å². The minimum Gasteiger partial charge on any atom is -0.394 e. The molecule has 0 saturated heterocycles. The number of aryl methyl sites for hydroxylation is 1.